The Kier molecular flexibility index (Phi) is 5.54. The second-order valence-corrected chi connectivity index (χ2v) is 6.51. The van der Waals surface area contributed by atoms with Crippen molar-refractivity contribution < 1.29 is 14.1 Å². The highest BCUT2D eigenvalue weighted by Crippen LogP contribution is 2.30. The van der Waals surface area contributed by atoms with Crippen LogP contribution in [0.5, 0.6) is 5.75 Å². The van der Waals surface area contributed by atoms with Gasteiger partial charge >= 0.3 is 0 Å². The first kappa shape index (κ1) is 18.7. The molecule has 6 nitrogen and oxygen atoms in total. The van der Waals surface area contributed by atoms with E-state index in [0.29, 0.717) is 33.7 Å². The molecule has 29 heavy (non-hydrogen) atoms. The van der Waals surface area contributed by atoms with E-state index in [1.807, 2.05) is 36.4 Å². The van der Waals surface area contributed by atoms with Gasteiger partial charge in [0.05, 0.1) is 16.3 Å². The lowest BCUT2D eigenvalue weighted by Gasteiger charge is -2.10. The molecule has 0 spiro atoms. The number of amides is 1. The first-order valence-corrected chi connectivity index (χ1v) is 9.24. The molecule has 4 rings (SSSR count). The number of carbonyl (C=O) groups is 1. The van der Waals surface area contributed by atoms with Crippen LogP contribution in [0.15, 0.2) is 83.4 Å². The SMILES string of the molecule is O=C(COc1ccccc1-c1nc(-c2ccccc2)no1)Nc1ccccc1Cl. The van der Waals surface area contributed by atoms with Gasteiger partial charge in [-0.05, 0) is 24.3 Å². The monoisotopic (exact) mass is 405 g/mol. The Morgan fingerprint density at radius 2 is 1.69 bits per heavy atom. The highest BCUT2D eigenvalue weighted by molar-refractivity contribution is 6.33. The van der Waals surface area contributed by atoms with Crippen molar-refractivity contribution in [3.8, 4) is 28.6 Å². The quantitative estimate of drug-likeness (QED) is 0.484. The summed E-state index contributed by atoms with van der Waals surface area (Å²) in [6.45, 7) is -0.193. The van der Waals surface area contributed by atoms with Gasteiger partial charge < -0.3 is 14.6 Å². The van der Waals surface area contributed by atoms with E-state index in [1.54, 1.807) is 42.5 Å². The van der Waals surface area contributed by atoms with E-state index in [9.17, 15) is 4.79 Å². The number of nitrogens with one attached hydrogen (secondary N) is 1. The molecule has 0 unspecified atom stereocenters. The molecule has 1 amide bonds. The van der Waals surface area contributed by atoms with E-state index in [-0.39, 0.29) is 12.5 Å². The van der Waals surface area contributed by atoms with Crippen LogP contribution in [0, 0.1) is 0 Å². The molecule has 0 aliphatic carbocycles. The fraction of sp³-hybridized carbons (Fsp3) is 0.0455. The summed E-state index contributed by atoms with van der Waals surface area (Å²) in [5.41, 5.74) is 1.98. The van der Waals surface area contributed by atoms with Crippen LogP contribution < -0.4 is 10.1 Å². The van der Waals surface area contributed by atoms with Crippen LogP contribution >= 0.6 is 11.6 Å². The number of para-hydroxylation sites is 2. The van der Waals surface area contributed by atoms with Crippen molar-refractivity contribution in [3.63, 3.8) is 0 Å². The molecule has 1 N–H and O–H groups in total. The summed E-state index contributed by atoms with van der Waals surface area (Å²) in [5, 5.41) is 7.21. The first-order valence-electron chi connectivity index (χ1n) is 8.86. The van der Waals surface area contributed by atoms with Crippen LogP contribution in [0.4, 0.5) is 5.69 Å². The summed E-state index contributed by atoms with van der Waals surface area (Å²) in [6, 6.07) is 23.7. The van der Waals surface area contributed by atoms with E-state index >= 15 is 0 Å². The molecular weight excluding hydrogens is 390 g/mol. The molecule has 0 saturated heterocycles. The number of benzene rings is 3. The zero-order valence-corrected chi connectivity index (χ0v) is 16.0. The number of hydrogen-bond donors (Lipinski definition) is 1. The molecule has 4 aromatic rings. The number of anilines is 1. The maximum atomic E-state index is 12.2. The maximum Gasteiger partial charge on any atom is 0.262 e. The summed E-state index contributed by atoms with van der Waals surface area (Å²) in [5.74, 6) is 0.923. The fourth-order valence-corrected chi connectivity index (χ4v) is 2.88. The maximum absolute atomic E-state index is 12.2. The fourth-order valence-electron chi connectivity index (χ4n) is 2.70. The van der Waals surface area contributed by atoms with E-state index in [1.165, 1.54) is 0 Å². The third-order valence-corrected chi connectivity index (χ3v) is 4.41. The van der Waals surface area contributed by atoms with E-state index < -0.39 is 0 Å². The summed E-state index contributed by atoms with van der Waals surface area (Å²) in [7, 11) is 0. The minimum Gasteiger partial charge on any atom is -0.483 e. The Hall–Kier alpha value is -3.64. The third kappa shape index (κ3) is 4.44. The largest absolute Gasteiger partial charge is 0.483 e. The van der Waals surface area contributed by atoms with Gasteiger partial charge in [0.15, 0.2) is 6.61 Å². The predicted molar refractivity (Wildman–Crippen MR) is 111 cm³/mol. The summed E-state index contributed by atoms with van der Waals surface area (Å²) < 4.78 is 11.1. The topological polar surface area (TPSA) is 77.2 Å². The molecule has 0 aliphatic heterocycles. The molecule has 0 fully saturated rings. The molecular formula is C22H16ClN3O3. The standard InChI is InChI=1S/C22H16ClN3O3/c23-17-11-5-6-12-18(17)24-20(27)14-28-19-13-7-4-10-16(19)22-25-21(26-29-22)15-8-2-1-3-9-15/h1-13H,14H2,(H,24,27). The number of nitrogens with zero attached hydrogens (tertiary/aromatic N) is 2. The average molecular weight is 406 g/mol. The number of ether oxygens (including phenoxy) is 1. The first-order chi connectivity index (χ1) is 14.2. The van der Waals surface area contributed by atoms with Crippen molar-refractivity contribution in [2.75, 3.05) is 11.9 Å². The number of aromatic nitrogens is 2. The number of rotatable bonds is 6. The number of carbonyl (C=O) groups excluding carboxylic acids is 1. The van der Waals surface area contributed by atoms with Gasteiger partial charge in [-0.25, -0.2) is 0 Å². The van der Waals surface area contributed by atoms with Crippen LogP contribution in [0.1, 0.15) is 0 Å². The zero-order chi connectivity index (χ0) is 20.1. The third-order valence-electron chi connectivity index (χ3n) is 4.08. The van der Waals surface area contributed by atoms with Crippen molar-refractivity contribution in [1.29, 1.82) is 0 Å². The molecule has 0 bridgehead atoms. The van der Waals surface area contributed by atoms with E-state index in [4.69, 9.17) is 20.9 Å². The number of hydrogen-bond acceptors (Lipinski definition) is 5. The van der Waals surface area contributed by atoms with Crippen molar-refractivity contribution >= 4 is 23.2 Å². The highest BCUT2D eigenvalue weighted by atomic mass is 35.5. The summed E-state index contributed by atoms with van der Waals surface area (Å²) >= 11 is 6.06. The molecule has 1 heterocycles. The van der Waals surface area contributed by atoms with Crippen LogP contribution in [-0.4, -0.2) is 22.7 Å². The van der Waals surface area contributed by atoms with Gasteiger partial charge in [0, 0.05) is 5.56 Å². The molecule has 3 aromatic carbocycles. The predicted octanol–water partition coefficient (Wildman–Crippen LogP) is 5.07. The Bertz CT molecular complexity index is 1130. The van der Waals surface area contributed by atoms with Crippen molar-refractivity contribution in [1.82, 2.24) is 10.1 Å². The molecule has 1 aromatic heterocycles. The van der Waals surface area contributed by atoms with Crippen molar-refractivity contribution in [2.24, 2.45) is 0 Å². The molecule has 0 aliphatic rings. The van der Waals surface area contributed by atoms with Gasteiger partial charge in [-0.3, -0.25) is 4.79 Å². The van der Waals surface area contributed by atoms with Crippen LogP contribution in [0.2, 0.25) is 5.02 Å². The van der Waals surface area contributed by atoms with Gasteiger partial charge in [-0.2, -0.15) is 4.98 Å². The number of halogens is 1. The van der Waals surface area contributed by atoms with Gasteiger partial charge in [0.25, 0.3) is 11.8 Å². The van der Waals surface area contributed by atoms with Gasteiger partial charge in [0.1, 0.15) is 5.75 Å². The Morgan fingerprint density at radius 1 is 0.966 bits per heavy atom. The van der Waals surface area contributed by atoms with Gasteiger partial charge in [-0.1, -0.05) is 71.4 Å². The second-order valence-electron chi connectivity index (χ2n) is 6.10. The molecule has 0 saturated carbocycles. The van der Waals surface area contributed by atoms with Crippen molar-refractivity contribution in [2.45, 2.75) is 0 Å². The Balaban J connectivity index is 1.48. The lowest BCUT2D eigenvalue weighted by atomic mass is 10.2. The molecule has 7 heteroatoms. The normalized spacial score (nSPS) is 10.5. The lowest BCUT2D eigenvalue weighted by molar-refractivity contribution is -0.118. The molecule has 0 atom stereocenters. The Morgan fingerprint density at radius 3 is 2.52 bits per heavy atom. The minimum absolute atomic E-state index is 0.193. The van der Waals surface area contributed by atoms with Gasteiger partial charge in [-0.15, -0.1) is 0 Å². The van der Waals surface area contributed by atoms with Crippen LogP contribution in [-0.2, 0) is 4.79 Å². The highest BCUT2D eigenvalue weighted by Gasteiger charge is 2.16. The average Bonchev–Trinajstić information content (AvgIpc) is 3.25. The smallest absolute Gasteiger partial charge is 0.262 e. The van der Waals surface area contributed by atoms with E-state index in [2.05, 4.69) is 15.5 Å². The molecule has 144 valence electrons. The van der Waals surface area contributed by atoms with Gasteiger partial charge in [0.2, 0.25) is 5.82 Å². The summed E-state index contributed by atoms with van der Waals surface area (Å²) in [6.07, 6.45) is 0. The van der Waals surface area contributed by atoms with Crippen LogP contribution in [0.25, 0.3) is 22.8 Å². The van der Waals surface area contributed by atoms with Crippen molar-refractivity contribution in [3.05, 3.63) is 83.9 Å². The molecule has 0 radical (unpaired) electrons. The zero-order valence-electron chi connectivity index (χ0n) is 15.2. The lowest BCUT2D eigenvalue weighted by Crippen LogP contribution is -2.20. The van der Waals surface area contributed by atoms with E-state index in [0.717, 1.165) is 5.56 Å². The second kappa shape index (κ2) is 8.58. The minimum atomic E-state index is -0.330. The Labute approximate surface area is 172 Å². The summed E-state index contributed by atoms with van der Waals surface area (Å²) in [4.78, 5) is 16.7. The van der Waals surface area contributed by atoms with Crippen LogP contribution in [0.3, 0.4) is 0 Å².